The molecule has 2 spiro atoms. The molecule has 4 aliphatic carbocycles. The molecule has 4 aromatic heterocycles. The molecule has 20 aromatic rings. The molecule has 566 valence electrons. The molecule has 4 aliphatic rings. The van der Waals surface area contributed by atoms with Gasteiger partial charge in [-0.25, -0.2) is 19.9 Å². The number of aromatic nitrogens is 6. The molecule has 0 bridgehead atoms. The SMILES string of the molecule is C.CI.Clc1nc(-c2ccccc2)nc(-c2cccc(-c3cccc4c3sc3ccccc34)c2)n1.OB(O)c1cccc2c1-c1ccccc1C21c2ccccc2-c2ccccc21.c1ccc(-c2nc(-c3cccc(-c4cccc5c4sc4ccccc45)c3)nc(-c3cccc4c3-c3ccccc3C43c4ccccc4-c4ccccc43)n2)cc1. The first-order chi connectivity index (χ1) is 58.3. The maximum Gasteiger partial charge on any atom is 0.489 e. The zero-order chi connectivity index (χ0) is 79.2. The van der Waals surface area contributed by atoms with Crippen LogP contribution >= 0.6 is 56.9 Å². The van der Waals surface area contributed by atoms with Gasteiger partial charge in [0.2, 0.25) is 5.28 Å². The molecule has 0 amide bonds. The Morgan fingerprint density at radius 1 is 0.261 bits per heavy atom. The molecule has 0 radical (unpaired) electrons. The minimum atomic E-state index is -1.51. The molecule has 0 fully saturated rings. The molecule has 16 aromatic carbocycles. The zero-order valence-corrected chi connectivity index (χ0v) is 68.1. The number of alkyl halides is 1. The van der Waals surface area contributed by atoms with Gasteiger partial charge >= 0.3 is 7.12 Å². The third-order valence-electron chi connectivity index (χ3n) is 23.6. The lowest BCUT2D eigenvalue weighted by Gasteiger charge is -2.30. The Bertz CT molecular complexity index is 7310. The average Bonchev–Trinajstić information content (AvgIpc) is 1.51. The van der Waals surface area contributed by atoms with Crippen LogP contribution in [0.15, 0.2) is 376 Å². The van der Waals surface area contributed by atoms with E-state index in [2.05, 4.69) is 330 Å². The maximum atomic E-state index is 10.1. The number of halogens is 2. The second kappa shape index (κ2) is 30.8. The van der Waals surface area contributed by atoms with E-state index in [-0.39, 0.29) is 12.7 Å². The third-order valence-corrected chi connectivity index (χ3v) is 26.2. The molecule has 24 rings (SSSR count). The number of nitrogens with zero attached hydrogens (tertiary/aromatic N) is 6. The summed E-state index contributed by atoms with van der Waals surface area (Å²) in [5.74, 6) is 3.09. The normalized spacial score (nSPS) is 12.6. The molecular weight excluding hydrogens is 1630 g/mol. The van der Waals surface area contributed by atoms with Crippen LogP contribution in [0.25, 0.3) is 164 Å². The summed E-state index contributed by atoms with van der Waals surface area (Å²) in [5, 5.41) is 25.5. The Morgan fingerprint density at radius 3 is 1.00 bits per heavy atom. The first-order valence-electron chi connectivity index (χ1n) is 39.2. The number of benzene rings is 16. The van der Waals surface area contributed by atoms with E-state index in [0.717, 1.165) is 55.6 Å². The van der Waals surface area contributed by atoms with E-state index in [9.17, 15) is 10.0 Å². The highest BCUT2D eigenvalue weighted by atomic mass is 127. The van der Waals surface area contributed by atoms with E-state index in [0.29, 0.717) is 34.6 Å². The van der Waals surface area contributed by atoms with E-state index in [1.165, 1.54) is 124 Å². The van der Waals surface area contributed by atoms with Crippen molar-refractivity contribution in [2.75, 3.05) is 4.93 Å². The first-order valence-corrected chi connectivity index (χ1v) is 43.3. The van der Waals surface area contributed by atoms with Gasteiger partial charge in [0, 0.05) is 68.2 Å². The van der Waals surface area contributed by atoms with Crippen molar-refractivity contribution >= 4 is 110 Å². The molecule has 0 atom stereocenters. The summed E-state index contributed by atoms with van der Waals surface area (Å²) >= 11 is 12.1. The molecule has 0 saturated carbocycles. The summed E-state index contributed by atoms with van der Waals surface area (Å²) in [4.78, 5) is 31.2. The molecule has 0 unspecified atom stereocenters. The van der Waals surface area contributed by atoms with Crippen molar-refractivity contribution in [3.05, 3.63) is 426 Å². The molecule has 119 heavy (non-hydrogen) atoms. The highest BCUT2D eigenvalue weighted by molar-refractivity contribution is 14.1. The van der Waals surface area contributed by atoms with Gasteiger partial charge in [0.25, 0.3) is 0 Å². The molecule has 13 heteroatoms. The fourth-order valence-corrected chi connectivity index (χ4v) is 21.5. The Kier molecular flexibility index (Phi) is 19.4. The van der Waals surface area contributed by atoms with E-state index < -0.39 is 17.9 Å². The number of rotatable bonds is 8. The van der Waals surface area contributed by atoms with Crippen LogP contribution in [0.3, 0.4) is 0 Å². The van der Waals surface area contributed by atoms with Gasteiger partial charge in [-0.3, -0.25) is 0 Å². The van der Waals surface area contributed by atoms with Crippen molar-refractivity contribution in [1.82, 2.24) is 29.9 Å². The number of hydrogen-bond acceptors (Lipinski definition) is 10. The average molecular weight is 1700 g/mol. The van der Waals surface area contributed by atoms with Crippen LogP contribution in [0, 0.1) is 0 Å². The first kappa shape index (κ1) is 74.8. The van der Waals surface area contributed by atoms with Crippen LogP contribution in [0.1, 0.15) is 51.9 Å². The van der Waals surface area contributed by atoms with Crippen LogP contribution < -0.4 is 5.46 Å². The minimum absolute atomic E-state index is 0. The maximum absolute atomic E-state index is 10.1. The van der Waals surface area contributed by atoms with Gasteiger partial charge in [0.1, 0.15) is 0 Å². The lowest BCUT2D eigenvalue weighted by atomic mass is 9.69. The van der Waals surface area contributed by atoms with Crippen molar-refractivity contribution in [3.8, 4) is 124 Å². The van der Waals surface area contributed by atoms with Crippen LogP contribution in [-0.2, 0) is 10.8 Å². The third kappa shape index (κ3) is 12.1. The minimum Gasteiger partial charge on any atom is -0.423 e. The van der Waals surface area contributed by atoms with Gasteiger partial charge in [-0.05, 0) is 158 Å². The summed E-state index contributed by atoms with van der Waals surface area (Å²) in [7, 11) is -1.51. The fourth-order valence-electron chi connectivity index (χ4n) is 18.9. The largest absolute Gasteiger partial charge is 0.489 e. The number of hydrogen-bond donors (Lipinski definition) is 2. The van der Waals surface area contributed by atoms with Gasteiger partial charge in [0.15, 0.2) is 29.1 Å². The Hall–Kier alpha value is -13.0. The lowest BCUT2D eigenvalue weighted by Crippen LogP contribution is -2.33. The Balaban J connectivity index is 0.000000122. The van der Waals surface area contributed by atoms with Gasteiger partial charge < -0.3 is 10.0 Å². The van der Waals surface area contributed by atoms with Crippen molar-refractivity contribution in [2.24, 2.45) is 0 Å². The summed E-state index contributed by atoms with van der Waals surface area (Å²) in [6, 6.07) is 132. The van der Waals surface area contributed by atoms with Crippen molar-refractivity contribution in [1.29, 1.82) is 0 Å². The van der Waals surface area contributed by atoms with E-state index in [1.807, 2.05) is 106 Å². The Labute approximate surface area is 716 Å². The van der Waals surface area contributed by atoms with Crippen LogP contribution in [0.5, 0.6) is 0 Å². The Morgan fingerprint density at radius 2 is 0.546 bits per heavy atom. The van der Waals surface area contributed by atoms with Gasteiger partial charge in [0.05, 0.1) is 10.8 Å². The van der Waals surface area contributed by atoms with E-state index in [4.69, 9.17) is 31.5 Å². The summed E-state index contributed by atoms with van der Waals surface area (Å²) < 4.78 is 5.16. The standard InChI is InChI=1S/C52H31N3S.C27H16ClN3S.C25H17BO2.CH3I.CH4/c1-2-15-32(16-3-1)49-53-50(34-18-12-17-33(31-34)35-23-13-24-39-38-21-7-11-30-46(38)56-48(35)39)55-51(54-49)41-25-14-29-45-47(41)40-22-6-10-28-44(40)52(45)42-26-8-4-19-36(42)37-20-5-9-27-43(37)52;28-27-30-25(17-8-2-1-3-9-17)29-26(31-27)19-11-6-10-18(16-19)20-13-7-14-22-21-12-4-5-15-23(21)32-24(20)22;27-26(28)23-15-7-14-22-24(23)18-10-3-6-13-21(18)25(22)19-11-4-1-8-16(19)17-9-2-5-12-20(17)25;1-2;/h1-31H;1-16H;1-15,27-28H;1H3;1H4. The van der Waals surface area contributed by atoms with Gasteiger partial charge in [-0.2, -0.15) is 9.97 Å². The highest BCUT2D eigenvalue weighted by Gasteiger charge is 2.54. The molecule has 0 saturated heterocycles. The smallest absolute Gasteiger partial charge is 0.423 e. The molecular formula is C106H71BClIN6O2S2. The highest BCUT2D eigenvalue weighted by Crippen LogP contribution is 2.65. The van der Waals surface area contributed by atoms with E-state index in [1.54, 1.807) is 0 Å². The fraction of sp³-hybridized carbons (Fsp3) is 0.0377. The van der Waals surface area contributed by atoms with Crippen molar-refractivity contribution in [2.45, 2.75) is 18.3 Å². The van der Waals surface area contributed by atoms with Crippen molar-refractivity contribution in [3.63, 3.8) is 0 Å². The molecule has 2 N–H and O–H groups in total. The quantitative estimate of drug-likeness (QED) is 0.0878. The second-order valence-electron chi connectivity index (χ2n) is 29.7. The van der Waals surface area contributed by atoms with E-state index >= 15 is 0 Å². The summed E-state index contributed by atoms with van der Waals surface area (Å²) in [5.41, 5.74) is 28.6. The number of thiophene rings is 2. The topological polar surface area (TPSA) is 118 Å². The summed E-state index contributed by atoms with van der Waals surface area (Å²) in [6.45, 7) is 0. The predicted molar refractivity (Wildman–Crippen MR) is 504 cm³/mol. The summed E-state index contributed by atoms with van der Waals surface area (Å²) in [6.07, 6.45) is 0. The van der Waals surface area contributed by atoms with Crippen LogP contribution in [0.2, 0.25) is 5.28 Å². The second-order valence-corrected chi connectivity index (χ2v) is 32.1. The van der Waals surface area contributed by atoms with Crippen LogP contribution in [-0.4, -0.2) is 52.0 Å². The zero-order valence-electron chi connectivity index (χ0n) is 63.5. The molecule has 8 nitrogen and oxygen atoms in total. The monoisotopic (exact) mass is 1700 g/mol. The van der Waals surface area contributed by atoms with Gasteiger partial charge in [-0.15, -0.1) is 22.7 Å². The van der Waals surface area contributed by atoms with Crippen LogP contribution in [0.4, 0.5) is 0 Å². The van der Waals surface area contributed by atoms with Gasteiger partial charge in [-0.1, -0.05) is 382 Å². The van der Waals surface area contributed by atoms with Crippen molar-refractivity contribution < 1.29 is 10.0 Å². The predicted octanol–water partition coefficient (Wildman–Crippen LogP) is 26.5. The lowest BCUT2D eigenvalue weighted by molar-refractivity contribution is 0.426. The molecule has 4 heterocycles. The number of fused-ring (bicyclic) bond motifs is 26. The molecule has 0 aliphatic heterocycles.